The summed E-state index contributed by atoms with van der Waals surface area (Å²) in [6, 6.07) is 7.52. The molecule has 4 heterocycles. The van der Waals surface area contributed by atoms with Gasteiger partial charge in [-0.2, -0.15) is 13.2 Å². The van der Waals surface area contributed by atoms with Gasteiger partial charge >= 0.3 is 6.18 Å². The summed E-state index contributed by atoms with van der Waals surface area (Å²) in [4.78, 5) is 44.3. The lowest BCUT2D eigenvalue weighted by atomic mass is 9.84. The van der Waals surface area contributed by atoms with Gasteiger partial charge in [0.15, 0.2) is 0 Å². The molecule has 1 aliphatic carbocycles. The van der Waals surface area contributed by atoms with Gasteiger partial charge in [-0.05, 0) is 61.1 Å². The van der Waals surface area contributed by atoms with Crippen LogP contribution in [0.3, 0.4) is 0 Å². The van der Waals surface area contributed by atoms with E-state index < -0.39 is 23.8 Å². The first-order valence-electron chi connectivity index (χ1n) is 13.4. The zero-order chi connectivity index (χ0) is 27.3. The first-order chi connectivity index (χ1) is 18.7. The van der Waals surface area contributed by atoms with Gasteiger partial charge in [-0.15, -0.1) is 0 Å². The number of fused-ring (bicyclic) bond motifs is 1. The molecule has 206 valence electrons. The molecule has 8 nitrogen and oxygen atoms in total. The molecule has 3 atom stereocenters. The highest BCUT2D eigenvalue weighted by atomic mass is 19.4. The third-order valence-corrected chi connectivity index (χ3v) is 8.38. The van der Waals surface area contributed by atoms with Gasteiger partial charge in [-0.1, -0.05) is 12.5 Å². The van der Waals surface area contributed by atoms with Crippen LogP contribution in [0, 0.1) is 0 Å². The Morgan fingerprint density at radius 1 is 1.00 bits per heavy atom. The van der Waals surface area contributed by atoms with E-state index in [1.807, 2.05) is 6.07 Å². The molecule has 4 aliphatic rings. The molecule has 39 heavy (non-hydrogen) atoms. The second-order valence-corrected chi connectivity index (χ2v) is 10.9. The fourth-order valence-electron chi connectivity index (χ4n) is 6.24. The Labute approximate surface area is 223 Å². The van der Waals surface area contributed by atoms with Crippen molar-refractivity contribution in [2.75, 3.05) is 13.1 Å². The van der Waals surface area contributed by atoms with Crippen molar-refractivity contribution in [3.05, 3.63) is 58.9 Å². The van der Waals surface area contributed by atoms with Crippen LogP contribution in [0.25, 0.3) is 0 Å². The lowest BCUT2D eigenvalue weighted by Crippen LogP contribution is -2.57. The van der Waals surface area contributed by atoms with Gasteiger partial charge in [-0.25, -0.2) is 0 Å². The maximum absolute atomic E-state index is 13.0. The zero-order valence-electron chi connectivity index (χ0n) is 21.2. The Morgan fingerprint density at radius 2 is 1.79 bits per heavy atom. The van der Waals surface area contributed by atoms with E-state index in [1.54, 1.807) is 12.1 Å². The monoisotopic (exact) mass is 542 g/mol. The van der Waals surface area contributed by atoms with Gasteiger partial charge in [0.05, 0.1) is 0 Å². The van der Waals surface area contributed by atoms with E-state index in [0.29, 0.717) is 24.3 Å². The van der Waals surface area contributed by atoms with Gasteiger partial charge in [0.25, 0.3) is 5.91 Å². The van der Waals surface area contributed by atoms with E-state index in [1.165, 1.54) is 17.2 Å². The molecule has 0 bridgehead atoms. The predicted molar refractivity (Wildman–Crippen MR) is 133 cm³/mol. The topological polar surface area (TPSA) is 91.8 Å². The smallest absolute Gasteiger partial charge is 0.433 e. The third-order valence-electron chi connectivity index (χ3n) is 8.38. The number of amides is 3. The number of carbonyl (C=O) groups excluding carboxylic acids is 3. The first kappa shape index (κ1) is 25.8. The van der Waals surface area contributed by atoms with E-state index in [0.717, 1.165) is 56.0 Å². The SMILES string of the molecule is O=C1CCC(N2Cc3cc(O[C@H]4CCCCC4N4CC(c5ccc(C(F)(F)F)nc5)C4)ccc3C2=O)C(=O)N1. The highest BCUT2D eigenvalue weighted by Gasteiger charge is 2.41. The lowest BCUT2D eigenvalue weighted by molar-refractivity contribution is -0.141. The third kappa shape index (κ3) is 4.99. The Hall–Kier alpha value is -3.47. The number of imide groups is 1. The molecule has 0 radical (unpaired) electrons. The number of hydrogen-bond donors (Lipinski definition) is 1. The molecule has 1 saturated carbocycles. The van der Waals surface area contributed by atoms with Gasteiger partial charge in [0.1, 0.15) is 23.6 Å². The Kier molecular flexibility index (Phi) is 6.57. The average Bonchev–Trinajstić information content (AvgIpc) is 3.19. The Balaban J connectivity index is 1.09. The summed E-state index contributed by atoms with van der Waals surface area (Å²) in [7, 11) is 0. The Morgan fingerprint density at radius 3 is 2.51 bits per heavy atom. The van der Waals surface area contributed by atoms with E-state index in [-0.39, 0.29) is 36.3 Å². The van der Waals surface area contributed by atoms with Crippen LogP contribution in [0.2, 0.25) is 0 Å². The van der Waals surface area contributed by atoms with Crippen molar-refractivity contribution >= 4 is 17.7 Å². The van der Waals surface area contributed by atoms with Crippen molar-refractivity contribution in [3.63, 3.8) is 0 Å². The summed E-state index contributed by atoms with van der Waals surface area (Å²) >= 11 is 0. The molecule has 11 heteroatoms. The highest BCUT2D eigenvalue weighted by Crippen LogP contribution is 2.37. The van der Waals surface area contributed by atoms with Crippen LogP contribution in [-0.4, -0.2) is 63.8 Å². The second-order valence-electron chi connectivity index (χ2n) is 10.9. The van der Waals surface area contributed by atoms with Crippen LogP contribution in [0.1, 0.15) is 71.6 Å². The normalized spacial score (nSPS) is 26.3. The molecule has 3 amide bonds. The van der Waals surface area contributed by atoms with E-state index in [4.69, 9.17) is 4.74 Å². The summed E-state index contributed by atoms with van der Waals surface area (Å²) in [6.07, 6.45) is 1.40. The number of piperidine rings is 1. The lowest BCUT2D eigenvalue weighted by Gasteiger charge is -2.48. The number of pyridine rings is 1. The fraction of sp³-hybridized carbons (Fsp3) is 0.500. The molecule has 0 spiro atoms. The van der Waals surface area contributed by atoms with Gasteiger partial charge in [0, 0.05) is 49.8 Å². The minimum absolute atomic E-state index is 0.0353. The van der Waals surface area contributed by atoms with Crippen LogP contribution >= 0.6 is 0 Å². The molecule has 2 aromatic rings. The molecule has 1 N–H and O–H groups in total. The maximum atomic E-state index is 13.0. The average molecular weight is 543 g/mol. The quantitative estimate of drug-likeness (QED) is 0.580. The van der Waals surface area contributed by atoms with E-state index in [2.05, 4.69) is 15.2 Å². The van der Waals surface area contributed by atoms with E-state index >= 15 is 0 Å². The van der Waals surface area contributed by atoms with Crippen molar-refractivity contribution in [1.29, 1.82) is 0 Å². The molecule has 3 aliphatic heterocycles. The van der Waals surface area contributed by atoms with Crippen LogP contribution < -0.4 is 10.1 Å². The first-order valence-corrected chi connectivity index (χ1v) is 13.4. The fourth-order valence-corrected chi connectivity index (χ4v) is 6.24. The number of likely N-dealkylation sites (tertiary alicyclic amines) is 1. The second kappa shape index (κ2) is 9.93. The number of hydrogen-bond acceptors (Lipinski definition) is 6. The summed E-state index contributed by atoms with van der Waals surface area (Å²) in [5.74, 6) is -0.151. The number of alkyl halides is 3. The number of benzene rings is 1. The van der Waals surface area contributed by atoms with Crippen molar-refractivity contribution < 1.29 is 32.3 Å². The van der Waals surface area contributed by atoms with Crippen LogP contribution in [0.5, 0.6) is 5.75 Å². The summed E-state index contributed by atoms with van der Waals surface area (Å²) < 4.78 is 45.0. The number of nitrogens with one attached hydrogen (secondary N) is 1. The molecule has 3 fully saturated rings. The van der Waals surface area contributed by atoms with Crippen molar-refractivity contribution in [2.45, 2.75) is 75.4 Å². The van der Waals surface area contributed by atoms with Gasteiger partial charge in [0.2, 0.25) is 11.8 Å². The number of rotatable bonds is 5. The molecule has 1 aromatic carbocycles. The van der Waals surface area contributed by atoms with Crippen molar-refractivity contribution in [2.24, 2.45) is 0 Å². The standard InChI is InChI=1S/C28H29F3N4O4/c29-28(30,31)24-9-5-16(12-32-24)18-13-34(14-18)21-3-1-2-4-23(21)39-19-6-7-20-17(11-19)15-35(27(20)38)22-8-10-25(36)33-26(22)37/h5-7,9,11-12,18,21-23H,1-4,8,10,13-15H2,(H,33,36,37)/t21?,22?,23-/m0/s1. The minimum Gasteiger partial charge on any atom is -0.489 e. The summed E-state index contributed by atoms with van der Waals surface area (Å²) in [5, 5.41) is 2.32. The molecule has 6 rings (SSSR count). The molecule has 2 unspecified atom stereocenters. The zero-order valence-corrected chi connectivity index (χ0v) is 21.2. The van der Waals surface area contributed by atoms with Crippen LogP contribution in [-0.2, 0) is 22.3 Å². The van der Waals surface area contributed by atoms with Gasteiger partial charge in [-0.3, -0.25) is 29.6 Å². The number of nitrogens with zero attached hydrogens (tertiary/aromatic N) is 3. The summed E-state index contributed by atoms with van der Waals surface area (Å²) in [6.45, 7) is 1.79. The number of carbonyl (C=O) groups is 3. The highest BCUT2D eigenvalue weighted by molar-refractivity contribution is 6.05. The van der Waals surface area contributed by atoms with Crippen molar-refractivity contribution in [3.8, 4) is 5.75 Å². The minimum atomic E-state index is -4.44. The molecular formula is C28H29F3N4O4. The summed E-state index contributed by atoms with van der Waals surface area (Å²) in [5.41, 5.74) is 1.28. The van der Waals surface area contributed by atoms with Crippen molar-refractivity contribution in [1.82, 2.24) is 20.1 Å². The Bertz CT molecular complexity index is 1290. The molecule has 1 aromatic heterocycles. The number of aromatic nitrogens is 1. The molecular weight excluding hydrogens is 513 g/mol. The van der Waals surface area contributed by atoms with Crippen LogP contribution in [0.4, 0.5) is 13.2 Å². The number of ether oxygens (including phenoxy) is 1. The van der Waals surface area contributed by atoms with Crippen LogP contribution in [0.15, 0.2) is 36.5 Å². The molecule has 2 saturated heterocycles. The predicted octanol–water partition coefficient (Wildman–Crippen LogP) is 3.65. The largest absolute Gasteiger partial charge is 0.489 e. The maximum Gasteiger partial charge on any atom is 0.433 e. The number of halogens is 3. The van der Waals surface area contributed by atoms with E-state index in [9.17, 15) is 27.6 Å². The van der Waals surface area contributed by atoms with Gasteiger partial charge < -0.3 is 9.64 Å².